The van der Waals surface area contributed by atoms with Gasteiger partial charge >= 0.3 is 0 Å². The molecular weight excluding hydrogens is 216 g/mol. The number of morpholine rings is 2. The fourth-order valence-electron chi connectivity index (χ4n) is 2.94. The van der Waals surface area contributed by atoms with E-state index in [0.717, 1.165) is 32.8 Å². The summed E-state index contributed by atoms with van der Waals surface area (Å²) in [6, 6.07) is 0.452. The van der Waals surface area contributed by atoms with Crippen LogP contribution >= 0.6 is 0 Å². The van der Waals surface area contributed by atoms with Crippen molar-refractivity contribution in [2.75, 3.05) is 32.8 Å². The predicted molar refractivity (Wildman–Crippen MR) is 68.3 cm³/mol. The largest absolute Gasteiger partial charge is 0.374 e. The van der Waals surface area contributed by atoms with E-state index in [-0.39, 0.29) is 5.60 Å². The molecular formula is C13H26N2O2. The lowest BCUT2D eigenvalue weighted by molar-refractivity contribution is -0.150. The van der Waals surface area contributed by atoms with E-state index in [0.29, 0.717) is 18.2 Å². The van der Waals surface area contributed by atoms with Crippen LogP contribution < -0.4 is 5.32 Å². The summed E-state index contributed by atoms with van der Waals surface area (Å²) < 4.78 is 11.8. The molecule has 3 atom stereocenters. The maximum absolute atomic E-state index is 5.94. The van der Waals surface area contributed by atoms with Crippen molar-refractivity contribution in [1.29, 1.82) is 0 Å². The average Bonchev–Trinajstić information content (AvgIpc) is 2.26. The lowest BCUT2D eigenvalue weighted by atomic mass is 10.0. The van der Waals surface area contributed by atoms with Gasteiger partial charge in [-0.2, -0.15) is 0 Å². The zero-order chi connectivity index (χ0) is 12.5. The highest BCUT2D eigenvalue weighted by atomic mass is 16.5. The maximum Gasteiger partial charge on any atom is 0.0852 e. The van der Waals surface area contributed by atoms with Crippen molar-refractivity contribution < 1.29 is 9.47 Å². The standard InChI is InChI=1S/C13H26N2O2/c1-10-8-15(9-13(3,4)17-10)11(2)12-7-14-5-6-16-12/h10-12,14H,5-9H2,1-4H3. The second-order valence-corrected chi connectivity index (χ2v) is 5.97. The Bertz CT molecular complexity index is 252. The molecule has 0 saturated carbocycles. The first-order chi connectivity index (χ1) is 7.98. The van der Waals surface area contributed by atoms with E-state index < -0.39 is 0 Å². The number of ether oxygens (including phenoxy) is 2. The minimum absolute atomic E-state index is 0.0476. The summed E-state index contributed by atoms with van der Waals surface area (Å²) in [4.78, 5) is 2.51. The summed E-state index contributed by atoms with van der Waals surface area (Å²) >= 11 is 0. The van der Waals surface area contributed by atoms with E-state index >= 15 is 0 Å². The Morgan fingerprint density at radius 2 is 2.18 bits per heavy atom. The first-order valence-corrected chi connectivity index (χ1v) is 6.72. The Labute approximate surface area is 105 Å². The molecule has 1 N–H and O–H groups in total. The van der Waals surface area contributed by atoms with E-state index in [1.165, 1.54) is 0 Å². The molecule has 0 radical (unpaired) electrons. The van der Waals surface area contributed by atoms with Crippen molar-refractivity contribution in [2.45, 2.75) is 51.5 Å². The quantitative estimate of drug-likeness (QED) is 0.779. The molecule has 2 aliphatic heterocycles. The van der Waals surface area contributed by atoms with Crippen molar-refractivity contribution in [1.82, 2.24) is 10.2 Å². The molecule has 100 valence electrons. The van der Waals surface area contributed by atoms with Gasteiger partial charge in [-0.1, -0.05) is 0 Å². The van der Waals surface area contributed by atoms with Gasteiger partial charge in [-0.15, -0.1) is 0 Å². The van der Waals surface area contributed by atoms with Crippen LogP contribution in [0.3, 0.4) is 0 Å². The molecule has 0 aromatic rings. The van der Waals surface area contributed by atoms with Gasteiger partial charge in [0, 0.05) is 32.2 Å². The summed E-state index contributed by atoms with van der Waals surface area (Å²) in [6.07, 6.45) is 0.614. The molecule has 17 heavy (non-hydrogen) atoms. The first kappa shape index (κ1) is 13.3. The molecule has 3 unspecified atom stereocenters. The van der Waals surface area contributed by atoms with Gasteiger partial charge in [-0.3, -0.25) is 4.90 Å². The highest BCUT2D eigenvalue weighted by Crippen LogP contribution is 2.24. The van der Waals surface area contributed by atoms with Gasteiger partial charge in [0.05, 0.1) is 24.4 Å². The molecule has 0 bridgehead atoms. The second-order valence-electron chi connectivity index (χ2n) is 5.97. The molecule has 4 heteroatoms. The van der Waals surface area contributed by atoms with Crippen LogP contribution in [0, 0.1) is 0 Å². The summed E-state index contributed by atoms with van der Waals surface area (Å²) in [5.41, 5.74) is -0.0476. The Kier molecular flexibility index (Phi) is 4.08. The summed E-state index contributed by atoms with van der Waals surface area (Å²) in [5.74, 6) is 0. The third kappa shape index (κ3) is 3.41. The van der Waals surface area contributed by atoms with Crippen LogP contribution in [-0.4, -0.2) is 61.5 Å². The van der Waals surface area contributed by atoms with Crippen LogP contribution in [0.5, 0.6) is 0 Å². The smallest absolute Gasteiger partial charge is 0.0852 e. The number of rotatable bonds is 2. The van der Waals surface area contributed by atoms with Gasteiger partial charge in [-0.25, -0.2) is 0 Å². The van der Waals surface area contributed by atoms with Gasteiger partial charge in [0.1, 0.15) is 0 Å². The van der Waals surface area contributed by atoms with Crippen LogP contribution in [0.4, 0.5) is 0 Å². The SMILES string of the molecule is CC1CN(C(C)C2CNCCO2)CC(C)(C)O1. The van der Waals surface area contributed by atoms with E-state index in [1.807, 2.05) is 0 Å². The van der Waals surface area contributed by atoms with Crippen LogP contribution in [0.2, 0.25) is 0 Å². The van der Waals surface area contributed by atoms with E-state index in [9.17, 15) is 0 Å². The second kappa shape index (κ2) is 5.22. The van der Waals surface area contributed by atoms with Gasteiger partial charge < -0.3 is 14.8 Å². The van der Waals surface area contributed by atoms with Gasteiger partial charge in [0.2, 0.25) is 0 Å². The highest BCUT2D eigenvalue weighted by Gasteiger charge is 2.36. The average molecular weight is 242 g/mol. The monoisotopic (exact) mass is 242 g/mol. The van der Waals surface area contributed by atoms with Crippen molar-refractivity contribution in [2.24, 2.45) is 0 Å². The lowest BCUT2D eigenvalue weighted by Crippen LogP contribution is -2.59. The highest BCUT2D eigenvalue weighted by molar-refractivity contribution is 4.89. The van der Waals surface area contributed by atoms with E-state index in [4.69, 9.17) is 9.47 Å². The topological polar surface area (TPSA) is 33.7 Å². The molecule has 0 aromatic carbocycles. The molecule has 2 aliphatic rings. The fourth-order valence-corrected chi connectivity index (χ4v) is 2.94. The Morgan fingerprint density at radius 3 is 2.76 bits per heavy atom. The third-order valence-corrected chi connectivity index (χ3v) is 3.67. The minimum atomic E-state index is -0.0476. The lowest BCUT2D eigenvalue weighted by Gasteiger charge is -2.46. The molecule has 4 nitrogen and oxygen atoms in total. The van der Waals surface area contributed by atoms with E-state index in [2.05, 4.69) is 37.9 Å². The molecule has 0 spiro atoms. The normalized spacial score (nSPS) is 36.7. The molecule has 0 amide bonds. The Hall–Kier alpha value is -0.160. The summed E-state index contributed by atoms with van der Waals surface area (Å²) in [5, 5.41) is 3.40. The third-order valence-electron chi connectivity index (χ3n) is 3.67. The Balaban J connectivity index is 1.95. The number of hydrogen-bond acceptors (Lipinski definition) is 4. The number of nitrogens with zero attached hydrogens (tertiary/aromatic N) is 1. The van der Waals surface area contributed by atoms with Crippen molar-refractivity contribution in [3.05, 3.63) is 0 Å². The molecule has 2 saturated heterocycles. The number of hydrogen-bond donors (Lipinski definition) is 1. The fraction of sp³-hybridized carbons (Fsp3) is 1.00. The number of nitrogens with one attached hydrogen (secondary N) is 1. The summed E-state index contributed by atoms with van der Waals surface area (Å²) in [6.45, 7) is 13.5. The Morgan fingerprint density at radius 1 is 1.41 bits per heavy atom. The molecule has 2 heterocycles. The van der Waals surface area contributed by atoms with Crippen LogP contribution in [0.25, 0.3) is 0 Å². The first-order valence-electron chi connectivity index (χ1n) is 6.72. The van der Waals surface area contributed by atoms with Crippen molar-refractivity contribution >= 4 is 0 Å². The van der Waals surface area contributed by atoms with Crippen LogP contribution in [0.15, 0.2) is 0 Å². The zero-order valence-corrected chi connectivity index (χ0v) is 11.5. The minimum Gasteiger partial charge on any atom is -0.374 e. The van der Waals surface area contributed by atoms with E-state index in [1.54, 1.807) is 0 Å². The molecule has 0 aliphatic carbocycles. The van der Waals surface area contributed by atoms with Crippen LogP contribution in [0.1, 0.15) is 27.7 Å². The predicted octanol–water partition coefficient (Wildman–Crippen LogP) is 0.863. The zero-order valence-electron chi connectivity index (χ0n) is 11.5. The van der Waals surface area contributed by atoms with Crippen molar-refractivity contribution in [3.63, 3.8) is 0 Å². The van der Waals surface area contributed by atoms with Gasteiger partial charge in [-0.05, 0) is 27.7 Å². The van der Waals surface area contributed by atoms with Gasteiger partial charge in [0.15, 0.2) is 0 Å². The molecule has 2 rings (SSSR count). The van der Waals surface area contributed by atoms with Crippen LogP contribution in [-0.2, 0) is 9.47 Å². The molecule has 2 fully saturated rings. The van der Waals surface area contributed by atoms with Gasteiger partial charge in [0.25, 0.3) is 0 Å². The van der Waals surface area contributed by atoms with Crippen molar-refractivity contribution in [3.8, 4) is 0 Å². The molecule has 0 aromatic heterocycles. The summed E-state index contributed by atoms with van der Waals surface area (Å²) in [7, 11) is 0. The maximum atomic E-state index is 5.94.